The van der Waals surface area contributed by atoms with Gasteiger partial charge < -0.3 is 0 Å². The van der Waals surface area contributed by atoms with Gasteiger partial charge in [0, 0.05) is 54.4 Å². The molecule has 1 aliphatic heterocycles. The lowest BCUT2D eigenvalue weighted by molar-refractivity contribution is -0.0769. The normalized spacial score (nSPS) is 38.4. The molecule has 2 nitrogen and oxygen atoms in total. The maximum Gasteiger partial charge on any atom is 0.0465 e. The molecule has 1 aromatic carbocycles. The van der Waals surface area contributed by atoms with Crippen LogP contribution < -0.4 is 0 Å². The SMILES string of the molecule is Clc1cccc(Cl)c1CN1CCN(C2C3CC4CC(C3)CC2C4)CC1. The van der Waals surface area contributed by atoms with E-state index in [1.807, 2.05) is 18.2 Å². The highest BCUT2D eigenvalue weighted by Gasteiger charge is 2.50. The monoisotopic (exact) mass is 378 g/mol. The fourth-order valence-corrected chi connectivity index (χ4v) is 7.14. The van der Waals surface area contributed by atoms with Crippen LogP contribution in [0.25, 0.3) is 0 Å². The van der Waals surface area contributed by atoms with Gasteiger partial charge in [0.2, 0.25) is 0 Å². The summed E-state index contributed by atoms with van der Waals surface area (Å²) in [7, 11) is 0. The Labute approximate surface area is 161 Å². The van der Waals surface area contributed by atoms with E-state index in [0.29, 0.717) is 0 Å². The van der Waals surface area contributed by atoms with E-state index in [1.54, 1.807) is 6.42 Å². The van der Waals surface area contributed by atoms with E-state index in [4.69, 9.17) is 23.2 Å². The van der Waals surface area contributed by atoms with E-state index in [0.717, 1.165) is 65.0 Å². The zero-order valence-electron chi connectivity index (χ0n) is 14.8. The lowest BCUT2D eigenvalue weighted by atomic mass is 9.54. The molecule has 1 aromatic rings. The number of benzene rings is 1. The summed E-state index contributed by atoms with van der Waals surface area (Å²) in [6, 6.07) is 6.72. The van der Waals surface area contributed by atoms with Crippen LogP contribution in [0.3, 0.4) is 0 Å². The summed E-state index contributed by atoms with van der Waals surface area (Å²) >= 11 is 12.7. The highest BCUT2D eigenvalue weighted by atomic mass is 35.5. The Morgan fingerprint density at radius 1 is 0.800 bits per heavy atom. The average Bonchev–Trinajstić information content (AvgIpc) is 2.59. The topological polar surface area (TPSA) is 6.48 Å². The van der Waals surface area contributed by atoms with Gasteiger partial charge in [-0.2, -0.15) is 0 Å². The molecule has 0 atom stereocenters. The van der Waals surface area contributed by atoms with Crippen molar-refractivity contribution in [2.75, 3.05) is 26.2 Å². The van der Waals surface area contributed by atoms with E-state index < -0.39 is 0 Å². The van der Waals surface area contributed by atoms with Crippen LogP contribution in [0.5, 0.6) is 0 Å². The van der Waals surface area contributed by atoms with Gasteiger partial charge in [-0.25, -0.2) is 0 Å². The lowest BCUT2D eigenvalue weighted by Gasteiger charge is -2.58. The van der Waals surface area contributed by atoms with Gasteiger partial charge in [0.1, 0.15) is 0 Å². The van der Waals surface area contributed by atoms with Crippen LogP contribution in [0.15, 0.2) is 18.2 Å². The third-order valence-corrected chi connectivity index (χ3v) is 8.16. The Bertz CT molecular complexity index is 591. The van der Waals surface area contributed by atoms with Crippen molar-refractivity contribution < 1.29 is 0 Å². The summed E-state index contributed by atoms with van der Waals surface area (Å²) in [5.41, 5.74) is 1.09. The maximum absolute atomic E-state index is 6.36. The summed E-state index contributed by atoms with van der Waals surface area (Å²) in [6.07, 6.45) is 7.63. The Morgan fingerprint density at radius 2 is 1.36 bits per heavy atom. The average molecular weight is 379 g/mol. The quantitative estimate of drug-likeness (QED) is 0.734. The molecular formula is C21H28Cl2N2. The minimum absolute atomic E-state index is 0.802. The first-order valence-corrected chi connectivity index (χ1v) is 10.8. The maximum atomic E-state index is 6.36. The minimum atomic E-state index is 0.802. The van der Waals surface area contributed by atoms with Crippen molar-refractivity contribution in [2.45, 2.75) is 44.7 Å². The van der Waals surface area contributed by atoms with Gasteiger partial charge in [-0.15, -0.1) is 0 Å². The zero-order chi connectivity index (χ0) is 17.0. The summed E-state index contributed by atoms with van der Waals surface area (Å²) in [5.74, 6) is 4.14. The van der Waals surface area contributed by atoms with Gasteiger partial charge in [-0.1, -0.05) is 29.3 Å². The van der Waals surface area contributed by atoms with E-state index in [9.17, 15) is 0 Å². The Hall–Kier alpha value is -0.280. The largest absolute Gasteiger partial charge is 0.297 e. The molecule has 5 fully saturated rings. The smallest absolute Gasteiger partial charge is 0.0465 e. The highest BCUT2D eigenvalue weighted by molar-refractivity contribution is 6.35. The van der Waals surface area contributed by atoms with Crippen LogP contribution in [0.4, 0.5) is 0 Å². The molecule has 25 heavy (non-hydrogen) atoms. The number of hydrogen-bond donors (Lipinski definition) is 0. The summed E-state index contributed by atoms with van der Waals surface area (Å²) < 4.78 is 0. The van der Waals surface area contributed by atoms with Crippen molar-refractivity contribution >= 4 is 23.2 Å². The van der Waals surface area contributed by atoms with Crippen molar-refractivity contribution in [3.8, 4) is 0 Å². The minimum Gasteiger partial charge on any atom is -0.297 e. The molecular weight excluding hydrogens is 351 g/mol. The van der Waals surface area contributed by atoms with Crippen LogP contribution in [-0.4, -0.2) is 42.0 Å². The highest BCUT2D eigenvalue weighted by Crippen LogP contribution is 2.55. The van der Waals surface area contributed by atoms with Crippen LogP contribution in [-0.2, 0) is 6.54 Å². The predicted molar refractivity (Wildman–Crippen MR) is 104 cm³/mol. The number of nitrogens with zero attached hydrogens (tertiary/aromatic N) is 2. The molecule has 0 radical (unpaired) electrons. The van der Waals surface area contributed by atoms with Gasteiger partial charge >= 0.3 is 0 Å². The van der Waals surface area contributed by atoms with Crippen LogP contribution in [0.2, 0.25) is 10.0 Å². The molecule has 0 unspecified atom stereocenters. The van der Waals surface area contributed by atoms with Crippen molar-refractivity contribution in [3.05, 3.63) is 33.8 Å². The molecule has 0 aromatic heterocycles. The molecule has 4 bridgehead atoms. The van der Waals surface area contributed by atoms with E-state index in [2.05, 4.69) is 9.80 Å². The van der Waals surface area contributed by atoms with Gasteiger partial charge in [-0.3, -0.25) is 9.80 Å². The third kappa shape index (κ3) is 3.14. The van der Waals surface area contributed by atoms with Crippen molar-refractivity contribution in [1.82, 2.24) is 9.80 Å². The molecule has 4 heteroatoms. The van der Waals surface area contributed by atoms with Crippen LogP contribution in [0.1, 0.15) is 37.7 Å². The Kier molecular flexibility index (Phi) is 4.53. The second kappa shape index (κ2) is 6.71. The van der Waals surface area contributed by atoms with Crippen molar-refractivity contribution in [2.24, 2.45) is 23.7 Å². The standard InChI is InChI=1S/C21H28Cl2N2/c22-19-2-1-3-20(23)18(19)13-24-4-6-25(7-5-24)21-16-9-14-8-15(11-16)12-17(21)10-14/h1-3,14-17,21H,4-13H2. The Balaban J connectivity index is 1.22. The first-order valence-electron chi connectivity index (χ1n) is 10.1. The molecule has 4 aliphatic carbocycles. The van der Waals surface area contributed by atoms with Gasteiger partial charge in [0.15, 0.2) is 0 Å². The fraction of sp³-hybridized carbons (Fsp3) is 0.714. The van der Waals surface area contributed by atoms with Crippen LogP contribution in [0, 0.1) is 23.7 Å². The Morgan fingerprint density at radius 3 is 1.92 bits per heavy atom. The number of rotatable bonds is 3. The fourth-order valence-electron chi connectivity index (χ4n) is 6.62. The molecule has 136 valence electrons. The number of hydrogen-bond acceptors (Lipinski definition) is 2. The molecule has 0 amide bonds. The summed E-state index contributed by atoms with van der Waals surface area (Å²) in [4.78, 5) is 5.37. The van der Waals surface area contributed by atoms with Crippen molar-refractivity contribution in [3.63, 3.8) is 0 Å². The molecule has 6 rings (SSSR count). The molecule has 1 heterocycles. The predicted octanol–water partition coefficient (Wildman–Crippen LogP) is 4.94. The third-order valence-electron chi connectivity index (χ3n) is 7.45. The first-order chi connectivity index (χ1) is 12.2. The van der Waals surface area contributed by atoms with Crippen LogP contribution >= 0.6 is 23.2 Å². The number of piperazine rings is 1. The van der Waals surface area contributed by atoms with Gasteiger partial charge in [-0.05, 0) is 67.9 Å². The molecule has 5 aliphatic rings. The second-order valence-corrected chi connectivity index (χ2v) is 9.75. The number of halogens is 2. The molecule has 0 N–H and O–H groups in total. The van der Waals surface area contributed by atoms with E-state index >= 15 is 0 Å². The molecule has 4 saturated carbocycles. The van der Waals surface area contributed by atoms with Crippen molar-refractivity contribution in [1.29, 1.82) is 0 Å². The second-order valence-electron chi connectivity index (χ2n) is 8.93. The first kappa shape index (κ1) is 16.9. The van der Waals surface area contributed by atoms with E-state index in [1.165, 1.54) is 38.8 Å². The summed E-state index contributed by atoms with van der Waals surface area (Å²) in [6.45, 7) is 5.60. The zero-order valence-corrected chi connectivity index (χ0v) is 16.4. The lowest BCUT2D eigenvalue weighted by Crippen LogP contribution is -2.60. The molecule has 1 saturated heterocycles. The molecule has 0 spiro atoms. The van der Waals surface area contributed by atoms with Gasteiger partial charge in [0.25, 0.3) is 0 Å². The summed E-state index contributed by atoms with van der Waals surface area (Å²) in [5, 5.41) is 1.60. The van der Waals surface area contributed by atoms with E-state index in [-0.39, 0.29) is 0 Å². The van der Waals surface area contributed by atoms with Gasteiger partial charge in [0.05, 0.1) is 0 Å².